The van der Waals surface area contributed by atoms with Crippen LogP contribution in [0.2, 0.25) is 0 Å². The van der Waals surface area contributed by atoms with Crippen LogP contribution in [0.3, 0.4) is 0 Å². The molecule has 3 atom stereocenters. The van der Waals surface area contributed by atoms with Gasteiger partial charge in [0.1, 0.15) is 5.54 Å². The smallest absolute Gasteiger partial charge is 0.109 e. The van der Waals surface area contributed by atoms with Crippen LogP contribution in [-0.4, -0.2) is 24.3 Å². The topological polar surface area (TPSA) is 45.0 Å². The Labute approximate surface area is 125 Å². The van der Waals surface area contributed by atoms with E-state index in [0.717, 1.165) is 38.6 Å². The minimum Gasteiger partial charge on any atom is -0.375 e. The van der Waals surface area contributed by atoms with Gasteiger partial charge in [-0.25, -0.2) is 0 Å². The van der Waals surface area contributed by atoms with Crippen molar-refractivity contribution in [2.24, 2.45) is 0 Å². The molecule has 116 valence electrons. The van der Waals surface area contributed by atoms with Gasteiger partial charge in [-0.3, -0.25) is 5.32 Å². The first-order chi connectivity index (χ1) is 9.65. The summed E-state index contributed by atoms with van der Waals surface area (Å²) in [6, 6.07) is 2.49. The number of nitrogens with zero attached hydrogens (tertiary/aromatic N) is 1. The lowest BCUT2D eigenvalue weighted by atomic mass is 9.81. The molecule has 0 bridgehead atoms. The number of rotatable bonds is 9. The average Bonchev–Trinajstić information content (AvgIpc) is 2.44. The summed E-state index contributed by atoms with van der Waals surface area (Å²) in [5.41, 5.74) is -0.348. The molecule has 3 heteroatoms. The predicted molar refractivity (Wildman–Crippen MR) is 83.6 cm³/mol. The Morgan fingerprint density at radius 3 is 2.80 bits per heavy atom. The Morgan fingerprint density at radius 1 is 1.35 bits per heavy atom. The normalized spacial score (nSPS) is 28.0. The number of ether oxygens (including phenoxy) is 1. The fourth-order valence-electron chi connectivity index (χ4n) is 3.24. The minimum atomic E-state index is -0.348. The SMILES string of the molecule is CCCCCCC(C)OC1CCCC(C#N)(NCC)C1. The van der Waals surface area contributed by atoms with Crippen molar-refractivity contribution in [1.82, 2.24) is 5.32 Å². The Kier molecular flexibility index (Phi) is 8.18. The van der Waals surface area contributed by atoms with Crippen molar-refractivity contribution >= 4 is 0 Å². The molecule has 0 radical (unpaired) electrons. The molecular weight excluding hydrogens is 248 g/mol. The lowest BCUT2D eigenvalue weighted by molar-refractivity contribution is -0.0382. The maximum absolute atomic E-state index is 9.46. The Balaban J connectivity index is 2.34. The summed E-state index contributed by atoms with van der Waals surface area (Å²) in [6.45, 7) is 7.35. The van der Waals surface area contributed by atoms with E-state index in [2.05, 4.69) is 32.2 Å². The molecule has 0 spiro atoms. The van der Waals surface area contributed by atoms with E-state index in [1.165, 1.54) is 25.7 Å². The molecule has 3 unspecified atom stereocenters. The zero-order valence-electron chi connectivity index (χ0n) is 13.6. The summed E-state index contributed by atoms with van der Waals surface area (Å²) in [5, 5.41) is 12.8. The van der Waals surface area contributed by atoms with Crippen molar-refractivity contribution in [1.29, 1.82) is 5.26 Å². The quantitative estimate of drug-likeness (QED) is 0.644. The minimum absolute atomic E-state index is 0.253. The maximum Gasteiger partial charge on any atom is 0.109 e. The van der Waals surface area contributed by atoms with Gasteiger partial charge in [0.15, 0.2) is 0 Å². The molecule has 0 aliphatic heterocycles. The highest BCUT2D eigenvalue weighted by Crippen LogP contribution is 2.30. The second-order valence-corrected chi connectivity index (χ2v) is 6.24. The van der Waals surface area contributed by atoms with Crippen LogP contribution >= 0.6 is 0 Å². The van der Waals surface area contributed by atoms with E-state index in [1.54, 1.807) is 0 Å². The zero-order chi connectivity index (χ0) is 14.8. The van der Waals surface area contributed by atoms with Crippen LogP contribution in [0.25, 0.3) is 0 Å². The van der Waals surface area contributed by atoms with E-state index >= 15 is 0 Å². The Bertz CT molecular complexity index is 296. The molecule has 1 rings (SSSR count). The van der Waals surface area contributed by atoms with Crippen LogP contribution in [0, 0.1) is 11.3 Å². The molecule has 20 heavy (non-hydrogen) atoms. The molecule has 0 aromatic heterocycles. The van der Waals surface area contributed by atoms with E-state index in [9.17, 15) is 5.26 Å². The number of unbranched alkanes of at least 4 members (excludes halogenated alkanes) is 3. The van der Waals surface area contributed by atoms with E-state index in [1.807, 2.05) is 0 Å². The van der Waals surface area contributed by atoms with E-state index in [4.69, 9.17) is 4.74 Å². The van der Waals surface area contributed by atoms with Crippen molar-refractivity contribution < 1.29 is 4.74 Å². The average molecular weight is 280 g/mol. The van der Waals surface area contributed by atoms with Crippen LogP contribution in [0.4, 0.5) is 0 Å². The molecule has 0 aromatic rings. The van der Waals surface area contributed by atoms with Crippen LogP contribution in [0.1, 0.15) is 78.6 Å². The number of nitrogens with one attached hydrogen (secondary N) is 1. The van der Waals surface area contributed by atoms with Crippen LogP contribution in [0.5, 0.6) is 0 Å². The van der Waals surface area contributed by atoms with Gasteiger partial charge in [-0.15, -0.1) is 0 Å². The number of hydrogen-bond acceptors (Lipinski definition) is 3. The monoisotopic (exact) mass is 280 g/mol. The van der Waals surface area contributed by atoms with Crippen molar-refractivity contribution in [2.75, 3.05) is 6.54 Å². The maximum atomic E-state index is 9.46. The van der Waals surface area contributed by atoms with E-state index in [-0.39, 0.29) is 11.6 Å². The third-order valence-corrected chi connectivity index (χ3v) is 4.32. The third kappa shape index (κ3) is 5.81. The molecule has 1 aliphatic rings. The van der Waals surface area contributed by atoms with Gasteiger partial charge >= 0.3 is 0 Å². The summed E-state index contributed by atoms with van der Waals surface area (Å²) in [5.74, 6) is 0. The van der Waals surface area contributed by atoms with E-state index in [0.29, 0.717) is 6.10 Å². The summed E-state index contributed by atoms with van der Waals surface area (Å²) < 4.78 is 6.18. The first-order valence-electron chi connectivity index (χ1n) is 8.47. The lowest BCUT2D eigenvalue weighted by Crippen LogP contribution is -2.49. The highest BCUT2D eigenvalue weighted by molar-refractivity contribution is 5.10. The zero-order valence-corrected chi connectivity index (χ0v) is 13.6. The van der Waals surface area contributed by atoms with Gasteiger partial charge in [0.2, 0.25) is 0 Å². The summed E-state index contributed by atoms with van der Waals surface area (Å²) in [6.07, 6.45) is 10.9. The standard InChI is InChI=1S/C17H32N2O/c1-4-6-7-8-10-15(3)20-16-11-9-12-17(13-16,14-18)19-5-2/h15-16,19H,4-13H2,1-3H3. The summed E-state index contributed by atoms with van der Waals surface area (Å²) in [4.78, 5) is 0. The van der Waals surface area contributed by atoms with Gasteiger partial charge in [0.05, 0.1) is 18.3 Å². The van der Waals surface area contributed by atoms with Crippen molar-refractivity contribution in [2.45, 2.75) is 96.3 Å². The number of hydrogen-bond donors (Lipinski definition) is 1. The first kappa shape index (κ1) is 17.5. The molecule has 0 aromatic carbocycles. The molecule has 1 fully saturated rings. The third-order valence-electron chi connectivity index (χ3n) is 4.32. The van der Waals surface area contributed by atoms with Gasteiger partial charge in [0.25, 0.3) is 0 Å². The van der Waals surface area contributed by atoms with Gasteiger partial charge < -0.3 is 4.74 Å². The molecule has 1 N–H and O–H groups in total. The lowest BCUT2D eigenvalue weighted by Gasteiger charge is -2.37. The first-order valence-corrected chi connectivity index (χ1v) is 8.47. The highest BCUT2D eigenvalue weighted by Gasteiger charge is 2.36. The molecule has 1 aliphatic carbocycles. The molecule has 1 saturated carbocycles. The van der Waals surface area contributed by atoms with Crippen molar-refractivity contribution in [3.63, 3.8) is 0 Å². The molecule has 3 nitrogen and oxygen atoms in total. The molecule has 0 heterocycles. The Morgan fingerprint density at radius 2 is 2.15 bits per heavy atom. The Hall–Kier alpha value is -0.590. The summed E-state index contributed by atoms with van der Waals surface area (Å²) >= 11 is 0. The number of nitriles is 1. The molecular formula is C17H32N2O. The highest BCUT2D eigenvalue weighted by atomic mass is 16.5. The fraction of sp³-hybridized carbons (Fsp3) is 0.941. The van der Waals surface area contributed by atoms with Crippen LogP contribution in [-0.2, 0) is 4.74 Å². The molecule has 0 saturated heterocycles. The van der Waals surface area contributed by atoms with Gasteiger partial charge in [0, 0.05) is 6.42 Å². The second kappa shape index (κ2) is 9.37. The molecule has 0 amide bonds. The van der Waals surface area contributed by atoms with Gasteiger partial charge in [-0.1, -0.05) is 39.5 Å². The predicted octanol–water partition coefficient (Wildman–Crippen LogP) is 4.18. The van der Waals surface area contributed by atoms with Gasteiger partial charge in [-0.05, 0) is 39.2 Å². The van der Waals surface area contributed by atoms with Gasteiger partial charge in [-0.2, -0.15) is 5.26 Å². The largest absolute Gasteiger partial charge is 0.375 e. The van der Waals surface area contributed by atoms with E-state index < -0.39 is 0 Å². The fourth-order valence-corrected chi connectivity index (χ4v) is 3.24. The van der Waals surface area contributed by atoms with Crippen molar-refractivity contribution in [3.8, 4) is 6.07 Å². The summed E-state index contributed by atoms with van der Waals surface area (Å²) in [7, 11) is 0. The van der Waals surface area contributed by atoms with Crippen LogP contribution in [0.15, 0.2) is 0 Å². The van der Waals surface area contributed by atoms with Crippen molar-refractivity contribution in [3.05, 3.63) is 0 Å². The van der Waals surface area contributed by atoms with Crippen LogP contribution < -0.4 is 5.32 Å². The second-order valence-electron chi connectivity index (χ2n) is 6.24.